The second-order valence-electron chi connectivity index (χ2n) is 8.30. The molecule has 0 amide bonds. The van der Waals surface area contributed by atoms with Gasteiger partial charge < -0.3 is 0 Å². The largest absolute Gasteiger partial charge is 0.294 e. The Bertz CT molecular complexity index is 884. The Kier molecular flexibility index (Phi) is 6.31. The molecule has 0 bridgehead atoms. The predicted molar refractivity (Wildman–Crippen MR) is 116 cm³/mol. The molecule has 0 aliphatic heterocycles. The first kappa shape index (κ1) is 21.0. The lowest BCUT2D eigenvalue weighted by Gasteiger charge is -2.35. The number of rotatable bonds is 7. The molecule has 3 aromatic carbocycles. The van der Waals surface area contributed by atoms with Crippen LogP contribution in [0.15, 0.2) is 84.9 Å². The summed E-state index contributed by atoms with van der Waals surface area (Å²) in [6.45, 7) is 7.79. The maximum Gasteiger partial charge on any atom is 0.166 e. The molecule has 0 saturated heterocycles. The zero-order valence-corrected chi connectivity index (χ0v) is 17.5. The van der Waals surface area contributed by atoms with Gasteiger partial charge in [-0.05, 0) is 38.8 Å². The van der Waals surface area contributed by atoms with Crippen molar-refractivity contribution in [3.63, 3.8) is 0 Å². The average Bonchev–Trinajstić information content (AvgIpc) is 2.72. The summed E-state index contributed by atoms with van der Waals surface area (Å²) < 4.78 is 0. The fourth-order valence-electron chi connectivity index (χ4n) is 3.17. The maximum atomic E-state index is 13.3. The SMILES string of the molecule is Cc1ccc(C(=O)CC(OOC(C)(C)C)(c2ccccc2)c2ccccc2)cc1. The van der Waals surface area contributed by atoms with Gasteiger partial charge in [0, 0.05) is 5.56 Å². The fourth-order valence-corrected chi connectivity index (χ4v) is 3.17. The minimum absolute atomic E-state index is 0.00443. The first-order valence-corrected chi connectivity index (χ1v) is 9.88. The van der Waals surface area contributed by atoms with E-state index in [0.717, 1.165) is 16.7 Å². The van der Waals surface area contributed by atoms with E-state index in [9.17, 15) is 4.79 Å². The van der Waals surface area contributed by atoms with Crippen molar-refractivity contribution < 1.29 is 14.6 Å². The maximum absolute atomic E-state index is 13.3. The quantitative estimate of drug-likeness (QED) is 0.272. The molecular formula is C26H28O3. The monoisotopic (exact) mass is 388 g/mol. The molecule has 3 heteroatoms. The van der Waals surface area contributed by atoms with Gasteiger partial charge in [-0.1, -0.05) is 90.5 Å². The molecule has 0 heterocycles. The molecule has 3 aromatic rings. The molecule has 0 radical (unpaired) electrons. The molecular weight excluding hydrogens is 360 g/mol. The van der Waals surface area contributed by atoms with Crippen molar-refractivity contribution in [3.05, 3.63) is 107 Å². The summed E-state index contributed by atoms with van der Waals surface area (Å²) in [5.41, 5.74) is 1.93. The van der Waals surface area contributed by atoms with Crippen LogP contribution in [-0.4, -0.2) is 11.4 Å². The van der Waals surface area contributed by atoms with Gasteiger partial charge >= 0.3 is 0 Å². The van der Waals surface area contributed by atoms with Crippen LogP contribution in [0.5, 0.6) is 0 Å². The highest BCUT2D eigenvalue weighted by Gasteiger charge is 2.40. The van der Waals surface area contributed by atoms with Crippen molar-refractivity contribution in [1.82, 2.24) is 0 Å². The third-order valence-electron chi connectivity index (χ3n) is 4.70. The smallest absolute Gasteiger partial charge is 0.166 e. The first-order chi connectivity index (χ1) is 13.8. The van der Waals surface area contributed by atoms with E-state index in [1.54, 1.807) is 0 Å². The lowest BCUT2D eigenvalue weighted by atomic mass is 9.81. The summed E-state index contributed by atoms with van der Waals surface area (Å²) in [5.74, 6) is -0.00443. The van der Waals surface area contributed by atoms with Crippen LogP contribution >= 0.6 is 0 Å². The zero-order valence-electron chi connectivity index (χ0n) is 17.5. The molecule has 0 unspecified atom stereocenters. The Labute approximate surface area is 173 Å². The van der Waals surface area contributed by atoms with Crippen LogP contribution in [0.2, 0.25) is 0 Å². The minimum atomic E-state index is -1.06. The van der Waals surface area contributed by atoms with Crippen molar-refractivity contribution in [1.29, 1.82) is 0 Å². The second-order valence-corrected chi connectivity index (χ2v) is 8.30. The van der Waals surface area contributed by atoms with Crippen LogP contribution in [0, 0.1) is 6.92 Å². The summed E-state index contributed by atoms with van der Waals surface area (Å²) in [6.07, 6.45) is 0.125. The van der Waals surface area contributed by atoms with Crippen LogP contribution in [0.1, 0.15) is 54.2 Å². The number of benzene rings is 3. The van der Waals surface area contributed by atoms with E-state index in [4.69, 9.17) is 9.78 Å². The standard InChI is InChI=1S/C26H28O3/c1-20-15-17-21(18-16-20)24(27)19-26(29-28-25(2,3)4,22-11-7-5-8-12-22)23-13-9-6-10-14-23/h5-18H,19H2,1-4H3. The molecule has 0 aliphatic rings. The van der Waals surface area contributed by atoms with E-state index in [0.29, 0.717) is 5.56 Å². The van der Waals surface area contributed by atoms with E-state index < -0.39 is 11.2 Å². The summed E-state index contributed by atoms with van der Waals surface area (Å²) in [4.78, 5) is 25.3. The van der Waals surface area contributed by atoms with Gasteiger partial charge in [0.1, 0.15) is 0 Å². The molecule has 0 atom stereocenters. The van der Waals surface area contributed by atoms with Crippen molar-refractivity contribution >= 4 is 5.78 Å². The lowest BCUT2D eigenvalue weighted by Crippen LogP contribution is -2.37. The summed E-state index contributed by atoms with van der Waals surface area (Å²) >= 11 is 0. The average molecular weight is 389 g/mol. The van der Waals surface area contributed by atoms with Gasteiger partial charge in [-0.2, -0.15) is 0 Å². The minimum Gasteiger partial charge on any atom is -0.294 e. The summed E-state index contributed by atoms with van der Waals surface area (Å²) in [5, 5.41) is 0. The van der Waals surface area contributed by atoms with Crippen molar-refractivity contribution in [2.24, 2.45) is 0 Å². The van der Waals surface area contributed by atoms with Crippen molar-refractivity contribution in [2.45, 2.75) is 45.3 Å². The van der Waals surface area contributed by atoms with Crippen molar-refractivity contribution in [3.8, 4) is 0 Å². The van der Waals surface area contributed by atoms with E-state index in [1.807, 2.05) is 113 Å². The van der Waals surface area contributed by atoms with E-state index in [-0.39, 0.29) is 12.2 Å². The predicted octanol–water partition coefficient (Wildman–Crippen LogP) is 6.26. The van der Waals surface area contributed by atoms with Crippen molar-refractivity contribution in [2.75, 3.05) is 0 Å². The Hall–Kier alpha value is -2.75. The van der Waals surface area contributed by atoms with E-state index in [1.165, 1.54) is 0 Å². The number of carbonyl (C=O) groups excluding carboxylic acids is 1. The zero-order chi connectivity index (χ0) is 20.9. The Morgan fingerprint density at radius 2 is 1.21 bits per heavy atom. The van der Waals surface area contributed by atoms with Crippen LogP contribution < -0.4 is 0 Å². The molecule has 0 saturated carbocycles. The van der Waals surface area contributed by atoms with Gasteiger partial charge in [0.05, 0.1) is 12.0 Å². The number of Topliss-reactive ketones (excluding diaryl/α,β-unsaturated/α-hetero) is 1. The first-order valence-electron chi connectivity index (χ1n) is 9.88. The molecule has 0 fully saturated rings. The summed E-state index contributed by atoms with van der Waals surface area (Å²) in [7, 11) is 0. The Balaban J connectivity index is 2.09. The highest BCUT2D eigenvalue weighted by atomic mass is 17.2. The normalized spacial score (nSPS) is 12.0. The van der Waals surface area contributed by atoms with Gasteiger partial charge in [0.15, 0.2) is 11.4 Å². The van der Waals surface area contributed by atoms with Gasteiger partial charge in [0.2, 0.25) is 0 Å². The van der Waals surface area contributed by atoms with Crippen LogP contribution in [0.25, 0.3) is 0 Å². The van der Waals surface area contributed by atoms with Gasteiger partial charge in [-0.15, -0.1) is 0 Å². The van der Waals surface area contributed by atoms with Gasteiger partial charge in [0.25, 0.3) is 0 Å². The Morgan fingerprint density at radius 3 is 1.66 bits per heavy atom. The van der Waals surface area contributed by atoms with Gasteiger partial charge in [-0.25, -0.2) is 9.78 Å². The molecule has 0 N–H and O–H groups in total. The molecule has 29 heavy (non-hydrogen) atoms. The van der Waals surface area contributed by atoms with Crippen LogP contribution in [0.4, 0.5) is 0 Å². The number of carbonyl (C=O) groups is 1. The molecule has 0 spiro atoms. The highest BCUT2D eigenvalue weighted by Crippen LogP contribution is 2.39. The third kappa shape index (κ3) is 5.20. The van der Waals surface area contributed by atoms with Crippen LogP contribution in [0.3, 0.4) is 0 Å². The molecule has 3 nitrogen and oxygen atoms in total. The lowest BCUT2D eigenvalue weighted by molar-refractivity contribution is -0.398. The third-order valence-corrected chi connectivity index (χ3v) is 4.70. The molecule has 150 valence electrons. The topological polar surface area (TPSA) is 35.5 Å². The molecule has 0 aromatic heterocycles. The Morgan fingerprint density at radius 1 is 0.724 bits per heavy atom. The van der Waals surface area contributed by atoms with E-state index >= 15 is 0 Å². The number of hydrogen-bond acceptors (Lipinski definition) is 3. The molecule has 0 aliphatic carbocycles. The summed E-state index contributed by atoms with van der Waals surface area (Å²) in [6, 6.07) is 27.2. The number of hydrogen-bond donors (Lipinski definition) is 0. The van der Waals surface area contributed by atoms with Gasteiger partial charge in [-0.3, -0.25) is 4.79 Å². The number of ketones is 1. The molecule has 3 rings (SSSR count). The highest BCUT2D eigenvalue weighted by molar-refractivity contribution is 5.97. The second kappa shape index (κ2) is 8.73. The van der Waals surface area contributed by atoms with E-state index in [2.05, 4.69) is 0 Å². The fraction of sp³-hybridized carbons (Fsp3) is 0.269. The van der Waals surface area contributed by atoms with Crippen LogP contribution in [-0.2, 0) is 15.4 Å². The number of aryl methyl sites for hydroxylation is 1.